The van der Waals surface area contributed by atoms with Crippen LogP contribution in [0.25, 0.3) is 0 Å². The summed E-state index contributed by atoms with van der Waals surface area (Å²) in [5.41, 5.74) is 0.278. The smallest absolute Gasteiger partial charge is 0.272 e. The summed E-state index contributed by atoms with van der Waals surface area (Å²) in [4.78, 5) is 51.6. The number of imide groups is 1. The molecule has 3 amide bonds. The fourth-order valence-corrected chi connectivity index (χ4v) is 7.56. The summed E-state index contributed by atoms with van der Waals surface area (Å²) in [6.07, 6.45) is 0.760. The summed E-state index contributed by atoms with van der Waals surface area (Å²) in [5.74, 6) is -2.59. The van der Waals surface area contributed by atoms with Gasteiger partial charge >= 0.3 is 0 Å². The van der Waals surface area contributed by atoms with Crippen molar-refractivity contribution in [3.63, 3.8) is 0 Å². The van der Waals surface area contributed by atoms with Crippen LogP contribution in [-0.2, 0) is 16.1 Å². The first-order chi connectivity index (χ1) is 16.2. The van der Waals surface area contributed by atoms with Gasteiger partial charge in [0.2, 0.25) is 0 Å². The number of non-ortho nitro benzene ring substituents is 1. The molecule has 6 atom stereocenters. The molecule has 2 aromatic rings. The van der Waals surface area contributed by atoms with Crippen LogP contribution in [0.4, 0.5) is 5.69 Å². The van der Waals surface area contributed by atoms with E-state index < -0.39 is 34.5 Å². The number of benzene rings is 2. The average molecular weight is 612 g/mol. The highest BCUT2D eigenvalue weighted by molar-refractivity contribution is 9.12. The van der Waals surface area contributed by atoms with E-state index in [0.29, 0.717) is 10.6 Å². The molecule has 0 spiro atoms. The van der Waals surface area contributed by atoms with Crippen LogP contribution >= 0.6 is 43.5 Å². The molecule has 1 aliphatic heterocycles. The number of hydrogen-bond acceptors (Lipinski definition) is 5. The molecule has 8 nitrogen and oxygen atoms in total. The highest BCUT2D eigenvalue weighted by Crippen LogP contribution is 2.60. The van der Waals surface area contributed by atoms with E-state index in [1.165, 1.54) is 18.2 Å². The molecule has 3 aliphatic rings. The number of nitro benzene ring substituents is 1. The number of hydrogen-bond donors (Lipinski definition) is 0. The van der Waals surface area contributed by atoms with E-state index in [-0.39, 0.29) is 39.3 Å². The van der Waals surface area contributed by atoms with Crippen molar-refractivity contribution in [2.24, 2.45) is 23.7 Å². The summed E-state index contributed by atoms with van der Waals surface area (Å²) in [7, 11) is 0. The van der Waals surface area contributed by atoms with Gasteiger partial charge in [-0.05, 0) is 36.0 Å². The molecule has 0 unspecified atom stereocenters. The van der Waals surface area contributed by atoms with Gasteiger partial charge in [0, 0.05) is 32.4 Å². The van der Waals surface area contributed by atoms with Crippen LogP contribution in [0.5, 0.6) is 0 Å². The minimum absolute atomic E-state index is 0.00128. The maximum absolute atomic E-state index is 13.6. The molecule has 0 aromatic heterocycles. The van der Waals surface area contributed by atoms with Crippen LogP contribution in [0.1, 0.15) is 22.3 Å². The van der Waals surface area contributed by atoms with Crippen molar-refractivity contribution in [3.05, 3.63) is 74.8 Å². The summed E-state index contributed by atoms with van der Waals surface area (Å²) < 4.78 is 0. The maximum Gasteiger partial charge on any atom is 0.273 e. The zero-order valence-electron chi connectivity index (χ0n) is 17.5. The fraction of sp³-hybridized carbons (Fsp3) is 0.348. The summed E-state index contributed by atoms with van der Waals surface area (Å²) in [5, 5.41) is 13.7. The quantitative estimate of drug-likeness (QED) is 0.213. The first-order valence-corrected chi connectivity index (χ1v) is 12.9. The maximum atomic E-state index is 13.6. The lowest BCUT2D eigenvalue weighted by molar-refractivity contribution is -0.384. The number of carbonyl (C=O) groups excluding carboxylic acids is 3. The molecule has 2 aromatic carbocycles. The predicted octanol–water partition coefficient (Wildman–Crippen LogP) is 4.58. The van der Waals surface area contributed by atoms with E-state index in [1.54, 1.807) is 24.3 Å². The average Bonchev–Trinajstić information content (AvgIpc) is 3.43. The standard InChI is InChI=1S/C23H18Br2ClN3O5/c24-19-14-9-15(20(19)25)18-17(14)22(31)28(23(18)32)27(10-12-4-1-2-7-16(12)26)21(30)11-5-3-6-13(8-11)29(33)34/h1-8,14-15,17-20H,9-10H2/t14-,15-,17-,18-,19-,20+/m1/s1. The molecule has 2 saturated carbocycles. The third kappa shape index (κ3) is 3.58. The van der Waals surface area contributed by atoms with Crippen molar-refractivity contribution in [1.82, 2.24) is 10.0 Å². The zero-order valence-corrected chi connectivity index (χ0v) is 21.4. The summed E-state index contributed by atoms with van der Waals surface area (Å²) >= 11 is 13.7. The molecule has 176 valence electrons. The number of halogens is 3. The van der Waals surface area contributed by atoms with Crippen molar-refractivity contribution >= 4 is 66.9 Å². The van der Waals surface area contributed by atoms with Crippen LogP contribution in [-0.4, -0.2) is 42.3 Å². The molecule has 0 radical (unpaired) electrons. The minimum Gasteiger partial charge on any atom is -0.272 e. The molecular weight excluding hydrogens is 594 g/mol. The highest BCUT2D eigenvalue weighted by atomic mass is 79.9. The van der Waals surface area contributed by atoms with Gasteiger partial charge in [0.25, 0.3) is 23.4 Å². The zero-order chi connectivity index (χ0) is 24.3. The van der Waals surface area contributed by atoms with E-state index >= 15 is 0 Å². The Balaban J connectivity index is 1.55. The second-order valence-electron chi connectivity index (χ2n) is 8.75. The van der Waals surface area contributed by atoms with Crippen LogP contribution < -0.4 is 0 Å². The first kappa shape index (κ1) is 23.4. The Morgan fingerprint density at radius 2 is 1.68 bits per heavy atom. The molecular formula is C23H18Br2ClN3O5. The Kier molecular flexibility index (Phi) is 6.02. The first-order valence-electron chi connectivity index (χ1n) is 10.7. The Morgan fingerprint density at radius 3 is 2.26 bits per heavy atom. The van der Waals surface area contributed by atoms with Crippen molar-refractivity contribution < 1.29 is 19.3 Å². The topological polar surface area (TPSA) is 101 Å². The molecule has 0 N–H and O–H groups in total. The number of alkyl halides is 2. The van der Waals surface area contributed by atoms with E-state index in [4.69, 9.17) is 11.6 Å². The third-order valence-electron chi connectivity index (χ3n) is 7.02. The van der Waals surface area contributed by atoms with Gasteiger partial charge in [0.15, 0.2) is 0 Å². The van der Waals surface area contributed by atoms with Crippen LogP contribution in [0, 0.1) is 33.8 Å². The fourth-order valence-electron chi connectivity index (χ4n) is 5.49. The number of fused-ring (bicyclic) bond motifs is 5. The lowest BCUT2D eigenvalue weighted by atomic mass is 9.81. The Labute approximate surface area is 216 Å². The molecule has 1 heterocycles. The molecule has 2 bridgehead atoms. The van der Waals surface area contributed by atoms with Gasteiger partial charge in [-0.1, -0.05) is 67.7 Å². The highest BCUT2D eigenvalue weighted by Gasteiger charge is 2.67. The summed E-state index contributed by atoms with van der Waals surface area (Å²) in [6, 6.07) is 12.1. The number of amides is 3. The van der Waals surface area contributed by atoms with Crippen molar-refractivity contribution in [2.75, 3.05) is 0 Å². The Morgan fingerprint density at radius 1 is 1.06 bits per heavy atom. The van der Waals surface area contributed by atoms with Crippen molar-refractivity contribution in [2.45, 2.75) is 22.6 Å². The van der Waals surface area contributed by atoms with Gasteiger partial charge in [-0.3, -0.25) is 24.5 Å². The van der Waals surface area contributed by atoms with Crippen LogP contribution in [0.3, 0.4) is 0 Å². The number of nitro groups is 1. The predicted molar refractivity (Wildman–Crippen MR) is 130 cm³/mol. The van der Waals surface area contributed by atoms with Gasteiger partial charge in [0.1, 0.15) is 0 Å². The molecule has 5 rings (SSSR count). The minimum atomic E-state index is -0.691. The van der Waals surface area contributed by atoms with Gasteiger partial charge in [0.05, 0.1) is 23.3 Å². The molecule has 3 fully saturated rings. The van der Waals surface area contributed by atoms with E-state index in [0.717, 1.165) is 22.5 Å². The number of nitrogens with zero attached hydrogens (tertiary/aromatic N) is 3. The third-order valence-corrected chi connectivity index (χ3v) is 10.6. The second kappa shape index (κ2) is 8.73. The monoisotopic (exact) mass is 609 g/mol. The van der Waals surface area contributed by atoms with Gasteiger partial charge in [-0.15, -0.1) is 0 Å². The lowest BCUT2D eigenvalue weighted by Gasteiger charge is -2.31. The molecule has 34 heavy (non-hydrogen) atoms. The normalized spacial score (nSPS) is 29.4. The van der Waals surface area contributed by atoms with E-state index in [1.807, 2.05) is 0 Å². The van der Waals surface area contributed by atoms with Gasteiger partial charge in [-0.2, -0.15) is 5.01 Å². The van der Waals surface area contributed by atoms with E-state index in [9.17, 15) is 24.5 Å². The largest absolute Gasteiger partial charge is 0.273 e. The van der Waals surface area contributed by atoms with Gasteiger partial charge < -0.3 is 0 Å². The lowest BCUT2D eigenvalue weighted by Crippen LogP contribution is -2.50. The number of rotatable bonds is 5. The SMILES string of the molecule is O=C(c1cccc([N+](=O)[O-])c1)N(Cc1ccccc1Cl)N1C(=O)[C@@H]2[C@H]3C[C@@H]([C@@H](Br)[C@H]3Br)[C@H]2C1=O. The number of carbonyl (C=O) groups is 3. The number of hydrazine groups is 1. The summed E-state index contributed by atoms with van der Waals surface area (Å²) in [6.45, 7) is -0.136. The second-order valence-corrected chi connectivity index (χ2v) is 11.3. The Hall–Kier alpha value is -2.30. The van der Waals surface area contributed by atoms with Crippen LogP contribution in [0.15, 0.2) is 48.5 Å². The van der Waals surface area contributed by atoms with Crippen molar-refractivity contribution in [3.8, 4) is 0 Å². The molecule has 11 heteroatoms. The molecule has 1 saturated heterocycles. The molecule has 2 aliphatic carbocycles. The Bertz CT molecular complexity index is 1190. The van der Waals surface area contributed by atoms with Gasteiger partial charge in [-0.25, -0.2) is 5.01 Å². The van der Waals surface area contributed by atoms with Crippen molar-refractivity contribution in [1.29, 1.82) is 0 Å². The van der Waals surface area contributed by atoms with E-state index in [2.05, 4.69) is 31.9 Å². The van der Waals surface area contributed by atoms with Crippen LogP contribution in [0.2, 0.25) is 5.02 Å².